The van der Waals surface area contributed by atoms with Crippen LogP contribution in [0, 0.1) is 13.8 Å². The molecule has 0 aliphatic carbocycles. The molecule has 0 saturated heterocycles. The van der Waals surface area contributed by atoms with Crippen molar-refractivity contribution in [3.63, 3.8) is 0 Å². The summed E-state index contributed by atoms with van der Waals surface area (Å²) in [5, 5.41) is 10.6. The highest BCUT2D eigenvalue weighted by molar-refractivity contribution is 6.31. The van der Waals surface area contributed by atoms with Gasteiger partial charge in [0.1, 0.15) is 5.82 Å². The molecule has 0 unspecified atom stereocenters. The summed E-state index contributed by atoms with van der Waals surface area (Å²) in [7, 11) is 0. The third-order valence-electron chi connectivity index (χ3n) is 3.80. The lowest BCUT2D eigenvalue weighted by molar-refractivity contribution is -0.120. The highest BCUT2D eigenvalue weighted by Crippen LogP contribution is 2.17. The zero-order valence-electron chi connectivity index (χ0n) is 13.0. The molecule has 3 rings (SSSR count). The van der Waals surface area contributed by atoms with Gasteiger partial charge in [0, 0.05) is 17.3 Å². The molecule has 0 bridgehead atoms. The number of fused-ring (bicyclic) bond motifs is 1. The first-order valence-corrected chi connectivity index (χ1v) is 7.82. The van der Waals surface area contributed by atoms with Gasteiger partial charge in [-0.05, 0) is 44.0 Å². The number of amides is 1. The van der Waals surface area contributed by atoms with Gasteiger partial charge in [-0.3, -0.25) is 9.89 Å². The number of benzene rings is 1. The molecule has 1 amide bonds. The highest BCUT2D eigenvalue weighted by Gasteiger charge is 2.10. The Hall–Kier alpha value is -2.34. The molecular formula is C16H18ClN5O. The summed E-state index contributed by atoms with van der Waals surface area (Å²) >= 11 is 5.94. The number of carbonyl (C=O) groups excluding carboxylic acids is 1. The lowest BCUT2D eigenvalue weighted by atomic mass is 10.1. The van der Waals surface area contributed by atoms with Crippen LogP contribution in [0.5, 0.6) is 0 Å². The summed E-state index contributed by atoms with van der Waals surface area (Å²) in [6, 6.07) is 5.42. The van der Waals surface area contributed by atoms with Gasteiger partial charge in [-0.25, -0.2) is 4.98 Å². The van der Waals surface area contributed by atoms with Crippen LogP contribution < -0.4 is 5.32 Å². The van der Waals surface area contributed by atoms with Crippen LogP contribution in [0.25, 0.3) is 11.0 Å². The van der Waals surface area contributed by atoms with Gasteiger partial charge in [0.2, 0.25) is 5.91 Å². The molecule has 0 saturated carbocycles. The number of nitrogens with zero attached hydrogens (tertiary/aromatic N) is 2. The first-order chi connectivity index (χ1) is 11.0. The largest absolute Gasteiger partial charge is 0.355 e. The maximum absolute atomic E-state index is 12.0. The number of nitrogens with one attached hydrogen (secondary N) is 3. The van der Waals surface area contributed by atoms with E-state index in [4.69, 9.17) is 11.6 Å². The lowest BCUT2D eigenvalue weighted by Crippen LogP contribution is -2.27. The minimum atomic E-state index is -0.0612. The van der Waals surface area contributed by atoms with Crippen LogP contribution in [0.15, 0.2) is 18.2 Å². The van der Waals surface area contributed by atoms with Crippen LogP contribution in [-0.4, -0.2) is 32.6 Å². The first-order valence-electron chi connectivity index (χ1n) is 7.44. The summed E-state index contributed by atoms with van der Waals surface area (Å²) in [5.74, 6) is 0.574. The summed E-state index contributed by atoms with van der Waals surface area (Å²) in [4.78, 5) is 19.5. The molecule has 3 aromatic rings. The number of hydrogen-bond donors (Lipinski definition) is 3. The second-order valence-corrected chi connectivity index (χ2v) is 5.97. The van der Waals surface area contributed by atoms with Gasteiger partial charge < -0.3 is 10.3 Å². The molecule has 120 valence electrons. The number of aryl methyl sites for hydroxylation is 2. The molecule has 0 fully saturated rings. The Bertz CT molecular complexity index is 832. The Morgan fingerprint density at radius 2 is 2.17 bits per heavy atom. The number of carbonyl (C=O) groups is 1. The van der Waals surface area contributed by atoms with E-state index in [0.29, 0.717) is 17.4 Å². The summed E-state index contributed by atoms with van der Waals surface area (Å²) in [6.45, 7) is 4.52. The monoisotopic (exact) mass is 331 g/mol. The average molecular weight is 332 g/mol. The molecular weight excluding hydrogens is 314 g/mol. The molecule has 3 N–H and O–H groups in total. The predicted octanol–water partition coefficient (Wildman–Crippen LogP) is 2.46. The number of hydrogen-bond acceptors (Lipinski definition) is 3. The molecule has 2 heterocycles. The Balaban J connectivity index is 1.56. The van der Waals surface area contributed by atoms with E-state index in [2.05, 4.69) is 25.5 Å². The Labute approximate surface area is 138 Å². The quantitative estimate of drug-likeness (QED) is 0.671. The van der Waals surface area contributed by atoms with Gasteiger partial charge in [0.25, 0.3) is 0 Å². The Morgan fingerprint density at radius 1 is 1.35 bits per heavy atom. The zero-order chi connectivity index (χ0) is 16.4. The van der Waals surface area contributed by atoms with E-state index >= 15 is 0 Å². The van der Waals surface area contributed by atoms with Gasteiger partial charge >= 0.3 is 0 Å². The third-order valence-corrected chi connectivity index (χ3v) is 4.03. The van der Waals surface area contributed by atoms with Crippen LogP contribution >= 0.6 is 11.6 Å². The van der Waals surface area contributed by atoms with Crippen molar-refractivity contribution >= 4 is 28.5 Å². The van der Waals surface area contributed by atoms with Crippen LogP contribution in [0.2, 0.25) is 5.02 Å². The van der Waals surface area contributed by atoms with Crippen molar-refractivity contribution in [1.29, 1.82) is 0 Å². The molecule has 1 aromatic carbocycles. The fraction of sp³-hybridized carbons (Fsp3) is 0.312. The number of aromatic amines is 2. The van der Waals surface area contributed by atoms with Crippen molar-refractivity contribution in [3.8, 4) is 0 Å². The third kappa shape index (κ3) is 3.53. The van der Waals surface area contributed by atoms with Gasteiger partial charge in [-0.1, -0.05) is 11.6 Å². The SMILES string of the molecule is Cc1n[nH]c(C)c1CCNC(=O)Cc1nc2ccc(Cl)cc2[nH]1. The average Bonchev–Trinajstić information content (AvgIpc) is 3.03. The van der Waals surface area contributed by atoms with Crippen LogP contribution in [0.1, 0.15) is 22.8 Å². The van der Waals surface area contributed by atoms with E-state index in [-0.39, 0.29) is 12.3 Å². The van der Waals surface area contributed by atoms with Crippen molar-refractivity contribution in [3.05, 3.63) is 46.0 Å². The predicted molar refractivity (Wildman–Crippen MR) is 89.6 cm³/mol. The first kappa shape index (κ1) is 15.6. The summed E-state index contributed by atoms with van der Waals surface area (Å²) in [6.07, 6.45) is 0.977. The maximum Gasteiger partial charge on any atom is 0.227 e. The molecule has 2 aromatic heterocycles. The number of imidazole rings is 1. The Kier molecular flexibility index (Phi) is 4.34. The minimum absolute atomic E-state index is 0.0612. The van der Waals surface area contributed by atoms with E-state index in [9.17, 15) is 4.79 Å². The van der Waals surface area contributed by atoms with E-state index in [0.717, 1.165) is 34.4 Å². The maximum atomic E-state index is 12.0. The van der Waals surface area contributed by atoms with E-state index < -0.39 is 0 Å². The molecule has 23 heavy (non-hydrogen) atoms. The van der Waals surface area contributed by atoms with Crippen molar-refractivity contribution < 1.29 is 4.79 Å². The van der Waals surface area contributed by atoms with E-state index in [1.807, 2.05) is 19.9 Å². The van der Waals surface area contributed by atoms with Crippen molar-refractivity contribution in [2.24, 2.45) is 0 Å². The van der Waals surface area contributed by atoms with Crippen molar-refractivity contribution in [1.82, 2.24) is 25.5 Å². The van der Waals surface area contributed by atoms with Crippen LogP contribution in [-0.2, 0) is 17.6 Å². The van der Waals surface area contributed by atoms with Gasteiger partial charge in [-0.15, -0.1) is 0 Å². The number of rotatable bonds is 5. The summed E-state index contributed by atoms with van der Waals surface area (Å²) in [5.41, 5.74) is 4.83. The van der Waals surface area contributed by atoms with Gasteiger partial charge in [0.15, 0.2) is 0 Å². The van der Waals surface area contributed by atoms with Crippen LogP contribution in [0.4, 0.5) is 0 Å². The molecule has 0 aliphatic heterocycles. The van der Waals surface area contributed by atoms with Crippen molar-refractivity contribution in [2.75, 3.05) is 6.54 Å². The highest BCUT2D eigenvalue weighted by atomic mass is 35.5. The van der Waals surface area contributed by atoms with E-state index in [1.165, 1.54) is 0 Å². The molecule has 0 radical (unpaired) electrons. The molecule has 7 heteroatoms. The topological polar surface area (TPSA) is 86.5 Å². The standard InChI is InChI=1S/C16H18ClN5O/c1-9-12(10(2)22-21-9)5-6-18-16(23)8-15-19-13-4-3-11(17)7-14(13)20-15/h3-4,7H,5-6,8H2,1-2H3,(H,18,23)(H,19,20)(H,21,22). The lowest BCUT2D eigenvalue weighted by Gasteiger charge is -2.04. The number of H-pyrrole nitrogens is 2. The fourth-order valence-corrected chi connectivity index (χ4v) is 2.77. The molecule has 0 aliphatic rings. The second kappa shape index (κ2) is 6.42. The minimum Gasteiger partial charge on any atom is -0.355 e. The summed E-state index contributed by atoms with van der Waals surface area (Å²) < 4.78 is 0. The zero-order valence-corrected chi connectivity index (χ0v) is 13.8. The number of halogens is 1. The molecule has 0 atom stereocenters. The van der Waals surface area contributed by atoms with E-state index in [1.54, 1.807) is 12.1 Å². The van der Waals surface area contributed by atoms with Gasteiger partial charge in [-0.2, -0.15) is 5.10 Å². The van der Waals surface area contributed by atoms with Gasteiger partial charge in [0.05, 0.1) is 23.1 Å². The number of aromatic nitrogens is 4. The fourth-order valence-electron chi connectivity index (χ4n) is 2.60. The Morgan fingerprint density at radius 3 is 2.91 bits per heavy atom. The molecule has 0 spiro atoms. The normalized spacial score (nSPS) is 11.1. The second-order valence-electron chi connectivity index (χ2n) is 5.53. The molecule has 6 nitrogen and oxygen atoms in total. The van der Waals surface area contributed by atoms with Crippen molar-refractivity contribution in [2.45, 2.75) is 26.7 Å². The van der Waals surface area contributed by atoms with Crippen LogP contribution in [0.3, 0.4) is 0 Å². The smallest absolute Gasteiger partial charge is 0.227 e.